The molecule has 1 atom stereocenters. The first-order chi connectivity index (χ1) is 8.25. The summed E-state index contributed by atoms with van der Waals surface area (Å²) >= 11 is 2.33. The van der Waals surface area contributed by atoms with E-state index in [4.69, 9.17) is 0 Å². The molecular formula is C15H16IN. The molecule has 0 spiro atoms. The maximum Gasteiger partial charge on any atom is 0.0294 e. The van der Waals surface area contributed by atoms with E-state index in [1.54, 1.807) is 0 Å². The van der Waals surface area contributed by atoms with Crippen LogP contribution >= 0.6 is 22.6 Å². The molecule has 2 aromatic carbocycles. The molecule has 0 heterocycles. The van der Waals surface area contributed by atoms with Crippen LogP contribution in [0.15, 0.2) is 54.6 Å². The minimum absolute atomic E-state index is 0.385. The van der Waals surface area contributed by atoms with Crippen LogP contribution in [-0.4, -0.2) is 0 Å². The second-order valence-electron chi connectivity index (χ2n) is 4.14. The number of nitrogens with one attached hydrogen (secondary N) is 1. The van der Waals surface area contributed by atoms with E-state index in [1.165, 1.54) is 14.7 Å². The van der Waals surface area contributed by atoms with Crippen molar-refractivity contribution in [1.82, 2.24) is 5.32 Å². The molecule has 0 amide bonds. The Labute approximate surface area is 116 Å². The van der Waals surface area contributed by atoms with Gasteiger partial charge in [0.2, 0.25) is 0 Å². The maximum atomic E-state index is 3.53. The number of rotatable bonds is 4. The smallest absolute Gasteiger partial charge is 0.0294 e. The van der Waals surface area contributed by atoms with Crippen molar-refractivity contribution in [3.8, 4) is 0 Å². The molecule has 0 saturated carbocycles. The van der Waals surface area contributed by atoms with Gasteiger partial charge >= 0.3 is 0 Å². The summed E-state index contributed by atoms with van der Waals surface area (Å²) in [5.41, 5.74) is 2.66. The predicted octanol–water partition coefficient (Wildman–Crippen LogP) is 4.14. The molecule has 0 aliphatic heterocycles. The third-order valence-electron chi connectivity index (χ3n) is 2.83. The Morgan fingerprint density at radius 2 is 1.65 bits per heavy atom. The summed E-state index contributed by atoms with van der Waals surface area (Å²) in [6.45, 7) is 3.11. The molecule has 1 unspecified atom stereocenters. The van der Waals surface area contributed by atoms with E-state index >= 15 is 0 Å². The summed E-state index contributed by atoms with van der Waals surface area (Å²) in [5, 5.41) is 3.53. The van der Waals surface area contributed by atoms with Crippen molar-refractivity contribution in [3.63, 3.8) is 0 Å². The Hall–Kier alpha value is -0.870. The molecule has 0 radical (unpaired) electrons. The minimum Gasteiger partial charge on any atom is -0.306 e. The van der Waals surface area contributed by atoms with E-state index in [9.17, 15) is 0 Å². The quantitative estimate of drug-likeness (QED) is 0.827. The molecule has 2 rings (SSSR count). The largest absolute Gasteiger partial charge is 0.306 e. The first kappa shape index (κ1) is 12.6. The Balaban J connectivity index is 1.92. The monoisotopic (exact) mass is 337 g/mol. The van der Waals surface area contributed by atoms with Crippen molar-refractivity contribution < 1.29 is 0 Å². The van der Waals surface area contributed by atoms with Gasteiger partial charge in [-0.15, -0.1) is 0 Å². The number of hydrogen-bond donors (Lipinski definition) is 1. The van der Waals surface area contributed by atoms with Gasteiger partial charge in [-0.25, -0.2) is 0 Å². The second kappa shape index (κ2) is 6.17. The normalized spacial score (nSPS) is 12.4. The van der Waals surface area contributed by atoms with Gasteiger partial charge in [-0.1, -0.05) is 42.5 Å². The molecule has 2 aromatic rings. The Morgan fingerprint density at radius 1 is 1.00 bits per heavy atom. The van der Waals surface area contributed by atoms with Gasteiger partial charge in [-0.2, -0.15) is 0 Å². The average Bonchev–Trinajstić information content (AvgIpc) is 2.39. The molecule has 0 fully saturated rings. The predicted molar refractivity (Wildman–Crippen MR) is 80.9 cm³/mol. The highest BCUT2D eigenvalue weighted by atomic mass is 127. The van der Waals surface area contributed by atoms with Crippen LogP contribution in [0, 0.1) is 3.57 Å². The van der Waals surface area contributed by atoms with Crippen LogP contribution in [0.1, 0.15) is 24.1 Å². The van der Waals surface area contributed by atoms with Gasteiger partial charge in [0.25, 0.3) is 0 Å². The summed E-state index contributed by atoms with van der Waals surface area (Å²) < 4.78 is 1.28. The summed E-state index contributed by atoms with van der Waals surface area (Å²) in [6.07, 6.45) is 0. The lowest BCUT2D eigenvalue weighted by atomic mass is 10.1. The topological polar surface area (TPSA) is 12.0 Å². The first-order valence-electron chi connectivity index (χ1n) is 5.78. The van der Waals surface area contributed by atoms with E-state index in [0.717, 1.165) is 6.54 Å². The molecule has 1 nitrogen and oxygen atoms in total. The molecule has 2 heteroatoms. The van der Waals surface area contributed by atoms with Crippen molar-refractivity contribution in [2.75, 3.05) is 0 Å². The lowest BCUT2D eigenvalue weighted by Crippen LogP contribution is -2.17. The van der Waals surface area contributed by atoms with Gasteiger partial charge in [0, 0.05) is 16.2 Å². The zero-order chi connectivity index (χ0) is 12.1. The molecule has 88 valence electrons. The number of halogens is 1. The lowest BCUT2D eigenvalue weighted by Gasteiger charge is -2.14. The highest BCUT2D eigenvalue weighted by molar-refractivity contribution is 14.1. The zero-order valence-electron chi connectivity index (χ0n) is 9.86. The van der Waals surface area contributed by atoms with Gasteiger partial charge < -0.3 is 5.32 Å². The van der Waals surface area contributed by atoms with Crippen molar-refractivity contribution in [2.24, 2.45) is 0 Å². The molecule has 0 aliphatic rings. The fourth-order valence-corrected chi connectivity index (χ4v) is 2.09. The van der Waals surface area contributed by atoms with Crippen LogP contribution in [0.5, 0.6) is 0 Å². The fourth-order valence-electron chi connectivity index (χ4n) is 1.73. The first-order valence-corrected chi connectivity index (χ1v) is 6.86. The van der Waals surface area contributed by atoms with Crippen LogP contribution < -0.4 is 5.32 Å². The van der Waals surface area contributed by atoms with Gasteiger partial charge in [0.15, 0.2) is 0 Å². The van der Waals surface area contributed by atoms with E-state index in [0.29, 0.717) is 6.04 Å². The van der Waals surface area contributed by atoms with Crippen LogP contribution in [0.2, 0.25) is 0 Å². The molecule has 0 aromatic heterocycles. The summed E-state index contributed by atoms with van der Waals surface area (Å²) in [6, 6.07) is 19.5. The third kappa shape index (κ3) is 3.82. The lowest BCUT2D eigenvalue weighted by molar-refractivity contribution is 0.574. The molecule has 0 bridgehead atoms. The summed E-state index contributed by atoms with van der Waals surface area (Å²) in [7, 11) is 0. The molecule has 1 N–H and O–H groups in total. The van der Waals surface area contributed by atoms with Crippen molar-refractivity contribution in [1.29, 1.82) is 0 Å². The van der Waals surface area contributed by atoms with Gasteiger partial charge in [-0.3, -0.25) is 0 Å². The fraction of sp³-hybridized carbons (Fsp3) is 0.200. The Kier molecular flexibility index (Phi) is 4.57. The highest BCUT2D eigenvalue weighted by Gasteiger charge is 2.03. The zero-order valence-corrected chi connectivity index (χ0v) is 12.0. The van der Waals surface area contributed by atoms with Crippen LogP contribution in [0.3, 0.4) is 0 Å². The molecular weight excluding hydrogens is 321 g/mol. The molecule has 17 heavy (non-hydrogen) atoms. The van der Waals surface area contributed by atoms with Gasteiger partial charge in [0.1, 0.15) is 0 Å². The van der Waals surface area contributed by atoms with E-state index < -0.39 is 0 Å². The average molecular weight is 337 g/mol. The Morgan fingerprint density at radius 3 is 2.29 bits per heavy atom. The van der Waals surface area contributed by atoms with Crippen molar-refractivity contribution >= 4 is 22.6 Å². The molecule has 0 aliphatic carbocycles. The van der Waals surface area contributed by atoms with E-state index in [1.807, 2.05) is 0 Å². The maximum absolute atomic E-state index is 3.53. The SMILES string of the molecule is CC(NCc1ccc(I)cc1)c1ccccc1. The Bertz CT molecular complexity index is 450. The van der Waals surface area contributed by atoms with E-state index in [2.05, 4.69) is 89.4 Å². The van der Waals surface area contributed by atoms with Gasteiger partial charge in [0.05, 0.1) is 0 Å². The standard InChI is InChI=1S/C15H16IN/c1-12(14-5-3-2-4-6-14)17-11-13-7-9-15(16)10-8-13/h2-10,12,17H,11H2,1H3. The second-order valence-corrected chi connectivity index (χ2v) is 5.39. The van der Waals surface area contributed by atoms with Crippen molar-refractivity contribution in [3.05, 3.63) is 69.3 Å². The third-order valence-corrected chi connectivity index (χ3v) is 3.54. The van der Waals surface area contributed by atoms with Gasteiger partial charge in [-0.05, 0) is 52.8 Å². The summed E-state index contributed by atoms with van der Waals surface area (Å²) in [4.78, 5) is 0. The van der Waals surface area contributed by atoms with Crippen LogP contribution in [0.25, 0.3) is 0 Å². The highest BCUT2D eigenvalue weighted by Crippen LogP contribution is 2.13. The van der Waals surface area contributed by atoms with E-state index in [-0.39, 0.29) is 0 Å². The van der Waals surface area contributed by atoms with Crippen molar-refractivity contribution in [2.45, 2.75) is 19.5 Å². The number of hydrogen-bond acceptors (Lipinski definition) is 1. The minimum atomic E-state index is 0.385. The van der Waals surface area contributed by atoms with Crippen LogP contribution in [0.4, 0.5) is 0 Å². The van der Waals surface area contributed by atoms with Crippen LogP contribution in [-0.2, 0) is 6.54 Å². The summed E-state index contributed by atoms with van der Waals surface area (Å²) in [5.74, 6) is 0. The molecule has 0 saturated heterocycles. The number of benzene rings is 2.